The Hall–Kier alpha value is -1.49. The molecule has 2 aromatic rings. The number of benzene rings is 1. The molecule has 0 aliphatic rings. The van der Waals surface area contributed by atoms with Gasteiger partial charge in [-0.2, -0.15) is 0 Å². The standard InChI is InChI=1S/C11H11BrN2O2/c1-7-8(2)14(16)11(13(7)15)9-3-5-10(12)6-4-9/h3-6,15H,1-2H3. The molecule has 84 valence electrons. The van der Waals surface area contributed by atoms with Crippen LogP contribution in [-0.2, 0) is 0 Å². The Balaban J connectivity index is 2.64. The van der Waals surface area contributed by atoms with E-state index in [4.69, 9.17) is 0 Å². The monoisotopic (exact) mass is 282 g/mol. The fourth-order valence-corrected chi connectivity index (χ4v) is 1.81. The highest BCUT2D eigenvalue weighted by Crippen LogP contribution is 2.21. The second-order valence-electron chi connectivity index (χ2n) is 3.61. The summed E-state index contributed by atoms with van der Waals surface area (Å²) in [6, 6.07) is 7.21. The summed E-state index contributed by atoms with van der Waals surface area (Å²) in [5.74, 6) is 0.238. The van der Waals surface area contributed by atoms with Crippen molar-refractivity contribution >= 4 is 15.9 Å². The summed E-state index contributed by atoms with van der Waals surface area (Å²) in [7, 11) is 0. The van der Waals surface area contributed by atoms with Gasteiger partial charge in [0.15, 0.2) is 5.69 Å². The third kappa shape index (κ3) is 1.57. The van der Waals surface area contributed by atoms with E-state index >= 15 is 0 Å². The van der Waals surface area contributed by atoms with E-state index in [-0.39, 0.29) is 5.82 Å². The largest absolute Gasteiger partial charge is 0.710 e. The SMILES string of the molecule is Cc1c(C)[n+]([O-])c(-c2ccc(Br)cc2)n1O. The Kier molecular flexibility index (Phi) is 2.63. The van der Waals surface area contributed by atoms with Crippen molar-refractivity contribution in [2.24, 2.45) is 0 Å². The molecule has 1 heterocycles. The van der Waals surface area contributed by atoms with Crippen molar-refractivity contribution in [2.75, 3.05) is 0 Å². The van der Waals surface area contributed by atoms with Crippen LogP contribution < -0.4 is 4.73 Å². The van der Waals surface area contributed by atoms with E-state index in [0.717, 1.165) is 13.9 Å². The van der Waals surface area contributed by atoms with Crippen molar-refractivity contribution in [3.05, 3.63) is 45.3 Å². The van der Waals surface area contributed by atoms with E-state index < -0.39 is 0 Å². The van der Waals surface area contributed by atoms with Crippen LogP contribution in [-0.4, -0.2) is 9.94 Å². The predicted octanol–water partition coefficient (Wildman–Crippen LogP) is 2.41. The zero-order valence-electron chi connectivity index (χ0n) is 8.94. The molecule has 1 N–H and O–H groups in total. The molecule has 0 aliphatic carbocycles. The fourth-order valence-electron chi connectivity index (χ4n) is 1.54. The Labute approximate surface area is 101 Å². The van der Waals surface area contributed by atoms with Gasteiger partial charge in [0.05, 0.1) is 5.56 Å². The van der Waals surface area contributed by atoms with Gasteiger partial charge in [-0.3, -0.25) is 0 Å². The highest BCUT2D eigenvalue weighted by molar-refractivity contribution is 9.10. The third-order valence-electron chi connectivity index (χ3n) is 2.64. The predicted molar refractivity (Wildman–Crippen MR) is 63.2 cm³/mol. The van der Waals surface area contributed by atoms with Gasteiger partial charge in [0.2, 0.25) is 0 Å². The number of imidazole rings is 1. The van der Waals surface area contributed by atoms with Crippen molar-refractivity contribution in [2.45, 2.75) is 13.8 Å². The fraction of sp³-hybridized carbons (Fsp3) is 0.182. The summed E-state index contributed by atoms with van der Waals surface area (Å²) in [6.45, 7) is 3.38. The molecule has 0 atom stereocenters. The van der Waals surface area contributed by atoms with Crippen LogP contribution in [0.5, 0.6) is 0 Å². The Morgan fingerprint density at radius 2 is 1.81 bits per heavy atom. The van der Waals surface area contributed by atoms with Crippen molar-refractivity contribution in [3.8, 4) is 11.4 Å². The summed E-state index contributed by atoms with van der Waals surface area (Å²) >= 11 is 3.32. The van der Waals surface area contributed by atoms with Crippen LogP contribution in [0.2, 0.25) is 0 Å². The van der Waals surface area contributed by atoms with E-state index in [9.17, 15) is 10.4 Å². The maximum Gasteiger partial charge on any atom is 0.331 e. The molecule has 0 amide bonds. The first-order valence-corrected chi connectivity index (χ1v) is 5.58. The summed E-state index contributed by atoms with van der Waals surface area (Å²) in [5.41, 5.74) is 1.73. The molecule has 1 aromatic carbocycles. The number of aromatic nitrogens is 2. The summed E-state index contributed by atoms with van der Waals surface area (Å²) in [5, 5.41) is 21.6. The summed E-state index contributed by atoms with van der Waals surface area (Å²) in [6.07, 6.45) is 0. The molecule has 0 aliphatic heterocycles. The van der Waals surface area contributed by atoms with Crippen LogP contribution in [0, 0.1) is 19.1 Å². The average Bonchev–Trinajstić information content (AvgIpc) is 2.46. The molecule has 0 spiro atoms. The first-order chi connectivity index (χ1) is 7.52. The Morgan fingerprint density at radius 1 is 1.25 bits per heavy atom. The molecule has 0 saturated carbocycles. The first-order valence-electron chi connectivity index (χ1n) is 4.79. The van der Waals surface area contributed by atoms with Crippen LogP contribution in [0.1, 0.15) is 11.4 Å². The Morgan fingerprint density at radius 3 is 2.25 bits per heavy atom. The maximum atomic E-state index is 11.8. The highest BCUT2D eigenvalue weighted by Gasteiger charge is 2.23. The summed E-state index contributed by atoms with van der Waals surface area (Å²) < 4.78 is 2.59. The van der Waals surface area contributed by atoms with Gasteiger partial charge in [0, 0.05) is 18.3 Å². The smallest absolute Gasteiger partial charge is 0.331 e. The van der Waals surface area contributed by atoms with Crippen LogP contribution in [0.25, 0.3) is 11.4 Å². The van der Waals surface area contributed by atoms with E-state index in [1.807, 2.05) is 12.1 Å². The molecule has 0 unspecified atom stereocenters. The molecule has 4 nitrogen and oxygen atoms in total. The van der Waals surface area contributed by atoms with Gasteiger partial charge in [0.1, 0.15) is 5.69 Å². The number of rotatable bonds is 1. The van der Waals surface area contributed by atoms with Crippen molar-refractivity contribution in [3.63, 3.8) is 0 Å². The lowest BCUT2D eigenvalue weighted by atomic mass is 10.2. The van der Waals surface area contributed by atoms with Gasteiger partial charge in [-0.15, -0.1) is 0 Å². The zero-order chi connectivity index (χ0) is 11.9. The van der Waals surface area contributed by atoms with Gasteiger partial charge in [-0.25, -0.2) is 4.73 Å². The second-order valence-corrected chi connectivity index (χ2v) is 4.52. The van der Waals surface area contributed by atoms with Crippen LogP contribution in [0.15, 0.2) is 28.7 Å². The number of hydrogen-bond acceptors (Lipinski definition) is 2. The minimum absolute atomic E-state index is 0.238. The zero-order valence-corrected chi connectivity index (χ0v) is 10.5. The minimum atomic E-state index is 0.238. The molecule has 0 fully saturated rings. The van der Waals surface area contributed by atoms with Crippen LogP contribution in [0.4, 0.5) is 0 Å². The highest BCUT2D eigenvalue weighted by atomic mass is 79.9. The van der Waals surface area contributed by atoms with E-state index in [0.29, 0.717) is 17.0 Å². The van der Waals surface area contributed by atoms with Gasteiger partial charge < -0.3 is 10.4 Å². The molecule has 0 bridgehead atoms. The van der Waals surface area contributed by atoms with E-state index in [1.54, 1.807) is 26.0 Å². The molecular weight excluding hydrogens is 272 g/mol. The molecule has 0 radical (unpaired) electrons. The summed E-state index contributed by atoms with van der Waals surface area (Å²) in [4.78, 5) is 0. The number of nitrogens with zero attached hydrogens (tertiary/aromatic N) is 2. The minimum Gasteiger partial charge on any atom is -0.710 e. The molecule has 0 saturated heterocycles. The molecule has 16 heavy (non-hydrogen) atoms. The lowest BCUT2D eigenvalue weighted by Crippen LogP contribution is -2.30. The Bertz CT molecular complexity index is 506. The van der Waals surface area contributed by atoms with Gasteiger partial charge >= 0.3 is 5.82 Å². The van der Waals surface area contributed by atoms with Gasteiger partial charge in [0.25, 0.3) is 0 Å². The lowest BCUT2D eigenvalue weighted by Gasteiger charge is -2.03. The second kappa shape index (κ2) is 3.83. The normalized spacial score (nSPS) is 10.7. The van der Waals surface area contributed by atoms with Crippen LogP contribution >= 0.6 is 15.9 Å². The molecule has 2 rings (SSSR count). The molecular formula is C11H11BrN2O2. The molecule has 5 heteroatoms. The third-order valence-corrected chi connectivity index (χ3v) is 3.17. The molecule has 1 aromatic heterocycles. The van der Waals surface area contributed by atoms with Crippen molar-refractivity contribution in [1.29, 1.82) is 0 Å². The van der Waals surface area contributed by atoms with Crippen LogP contribution in [0.3, 0.4) is 0 Å². The maximum absolute atomic E-state index is 11.8. The van der Waals surface area contributed by atoms with E-state index in [1.165, 1.54) is 0 Å². The van der Waals surface area contributed by atoms with Gasteiger partial charge in [-0.05, 0) is 29.0 Å². The van der Waals surface area contributed by atoms with Crippen molar-refractivity contribution in [1.82, 2.24) is 4.73 Å². The van der Waals surface area contributed by atoms with Gasteiger partial charge in [-0.1, -0.05) is 15.9 Å². The number of halogens is 1. The van der Waals surface area contributed by atoms with E-state index in [2.05, 4.69) is 15.9 Å². The number of hydrogen-bond donors (Lipinski definition) is 1. The topological polar surface area (TPSA) is 52.1 Å². The quantitative estimate of drug-likeness (QED) is 0.496. The average molecular weight is 283 g/mol. The van der Waals surface area contributed by atoms with Crippen molar-refractivity contribution < 1.29 is 9.94 Å². The first kappa shape index (κ1) is 11.0. The lowest BCUT2D eigenvalue weighted by molar-refractivity contribution is -0.600.